The lowest BCUT2D eigenvalue weighted by Crippen LogP contribution is -2.25. The highest BCUT2D eigenvalue weighted by molar-refractivity contribution is 7.89. The topological polar surface area (TPSA) is 92.7 Å². The summed E-state index contributed by atoms with van der Waals surface area (Å²) in [5.41, 5.74) is -0.134. The Hall–Kier alpha value is -1.15. The first-order valence-electron chi connectivity index (χ1n) is 5.90. The highest BCUT2D eigenvalue weighted by Gasteiger charge is 2.17. The first-order valence-corrected chi connectivity index (χ1v) is 7.76. The molecule has 0 aliphatic heterocycles. The zero-order valence-corrected chi connectivity index (χ0v) is 12.5. The van der Waals surface area contributed by atoms with Crippen LogP contribution in [0.2, 0.25) is 5.02 Å². The van der Waals surface area contributed by atoms with Crippen LogP contribution in [0.1, 0.15) is 23.2 Å². The Balaban J connectivity index is 2.73. The van der Waals surface area contributed by atoms with Crippen LogP contribution in [0.3, 0.4) is 0 Å². The SMILES string of the molecule is COCCCCNS(=O)(=O)c1ccc(C(=O)O)c(Cl)c1. The van der Waals surface area contributed by atoms with Crippen LogP contribution in [0.5, 0.6) is 0 Å². The molecule has 1 aromatic rings. The molecule has 8 heteroatoms. The molecule has 0 saturated heterocycles. The number of aromatic carboxylic acids is 1. The number of hydrogen-bond acceptors (Lipinski definition) is 4. The molecule has 0 aliphatic carbocycles. The molecule has 20 heavy (non-hydrogen) atoms. The number of benzene rings is 1. The number of nitrogens with one attached hydrogen (secondary N) is 1. The molecule has 112 valence electrons. The molecule has 0 unspecified atom stereocenters. The van der Waals surface area contributed by atoms with Crippen LogP contribution < -0.4 is 4.72 Å². The fourth-order valence-corrected chi connectivity index (χ4v) is 2.92. The minimum absolute atomic E-state index is 0.0563. The molecule has 0 aromatic heterocycles. The van der Waals surface area contributed by atoms with E-state index < -0.39 is 16.0 Å². The van der Waals surface area contributed by atoms with E-state index in [1.807, 2.05) is 0 Å². The van der Waals surface area contributed by atoms with E-state index in [9.17, 15) is 13.2 Å². The second-order valence-corrected chi connectivity index (χ2v) is 6.22. The second kappa shape index (κ2) is 7.58. The van der Waals surface area contributed by atoms with Crippen molar-refractivity contribution in [3.05, 3.63) is 28.8 Å². The maximum Gasteiger partial charge on any atom is 0.337 e. The number of halogens is 1. The Morgan fingerprint density at radius 2 is 2.10 bits per heavy atom. The molecule has 0 aliphatic rings. The number of rotatable bonds is 8. The van der Waals surface area contributed by atoms with Gasteiger partial charge in [-0.2, -0.15) is 0 Å². The largest absolute Gasteiger partial charge is 0.478 e. The fourth-order valence-electron chi connectivity index (χ4n) is 1.50. The van der Waals surface area contributed by atoms with Crippen molar-refractivity contribution in [2.24, 2.45) is 0 Å². The van der Waals surface area contributed by atoms with E-state index in [1.165, 1.54) is 12.1 Å². The summed E-state index contributed by atoms with van der Waals surface area (Å²) in [5, 5.41) is 8.71. The summed E-state index contributed by atoms with van der Waals surface area (Å²) in [6, 6.07) is 3.51. The Morgan fingerprint density at radius 3 is 2.65 bits per heavy atom. The van der Waals surface area contributed by atoms with E-state index in [2.05, 4.69) is 4.72 Å². The normalized spacial score (nSPS) is 11.5. The molecule has 0 atom stereocenters. The van der Waals surface area contributed by atoms with Crippen molar-refractivity contribution in [2.75, 3.05) is 20.3 Å². The van der Waals surface area contributed by atoms with Crippen molar-refractivity contribution in [1.29, 1.82) is 0 Å². The van der Waals surface area contributed by atoms with Crippen LogP contribution in [0.15, 0.2) is 23.1 Å². The van der Waals surface area contributed by atoms with Gasteiger partial charge in [0.1, 0.15) is 0 Å². The monoisotopic (exact) mass is 321 g/mol. The van der Waals surface area contributed by atoms with Gasteiger partial charge in [-0.25, -0.2) is 17.9 Å². The minimum atomic E-state index is -3.68. The fraction of sp³-hybridized carbons (Fsp3) is 0.417. The number of sulfonamides is 1. The molecule has 0 fully saturated rings. The Labute approximate surface area is 122 Å². The molecule has 0 heterocycles. The number of carboxylic acid groups (broad SMARTS) is 1. The van der Waals surface area contributed by atoms with Gasteiger partial charge < -0.3 is 9.84 Å². The predicted molar refractivity (Wildman–Crippen MR) is 74.7 cm³/mol. The summed E-state index contributed by atoms with van der Waals surface area (Å²) in [5.74, 6) is -1.20. The summed E-state index contributed by atoms with van der Waals surface area (Å²) in [4.78, 5) is 10.7. The summed E-state index contributed by atoms with van der Waals surface area (Å²) >= 11 is 5.74. The van der Waals surface area contributed by atoms with Crippen molar-refractivity contribution in [3.8, 4) is 0 Å². The van der Waals surface area contributed by atoms with Crippen LogP contribution in [0, 0.1) is 0 Å². The van der Waals surface area contributed by atoms with E-state index >= 15 is 0 Å². The molecule has 0 saturated carbocycles. The third-order valence-corrected chi connectivity index (χ3v) is 4.32. The molecule has 0 radical (unpaired) electrons. The Morgan fingerprint density at radius 1 is 1.40 bits per heavy atom. The van der Waals surface area contributed by atoms with Crippen molar-refractivity contribution < 1.29 is 23.1 Å². The van der Waals surface area contributed by atoms with Gasteiger partial charge in [-0.05, 0) is 31.0 Å². The van der Waals surface area contributed by atoms with Gasteiger partial charge in [-0.15, -0.1) is 0 Å². The number of methoxy groups -OCH3 is 1. The second-order valence-electron chi connectivity index (χ2n) is 4.04. The van der Waals surface area contributed by atoms with Crippen molar-refractivity contribution >= 4 is 27.6 Å². The van der Waals surface area contributed by atoms with Gasteiger partial charge in [0.2, 0.25) is 10.0 Å². The Kier molecular flexibility index (Phi) is 6.41. The van der Waals surface area contributed by atoms with Gasteiger partial charge >= 0.3 is 5.97 Å². The smallest absolute Gasteiger partial charge is 0.337 e. The molecule has 1 rings (SSSR count). The number of unbranched alkanes of at least 4 members (excludes halogenated alkanes) is 1. The zero-order valence-electron chi connectivity index (χ0n) is 10.9. The number of ether oxygens (including phenoxy) is 1. The first kappa shape index (κ1) is 16.9. The van der Waals surface area contributed by atoms with Crippen LogP contribution >= 0.6 is 11.6 Å². The van der Waals surface area contributed by atoms with Gasteiger partial charge in [0, 0.05) is 20.3 Å². The standard InChI is InChI=1S/C12H16ClNO5S/c1-19-7-3-2-6-14-20(17,18)9-4-5-10(12(15)16)11(13)8-9/h4-5,8,14H,2-3,6-7H2,1H3,(H,15,16). The summed E-state index contributed by atoms with van der Waals surface area (Å²) in [6.45, 7) is 0.852. The van der Waals surface area contributed by atoms with E-state index in [-0.39, 0.29) is 22.0 Å². The van der Waals surface area contributed by atoms with Gasteiger partial charge in [0.15, 0.2) is 0 Å². The third kappa shape index (κ3) is 4.75. The zero-order chi connectivity index (χ0) is 15.2. The van der Waals surface area contributed by atoms with Gasteiger partial charge in [-0.3, -0.25) is 0 Å². The van der Waals surface area contributed by atoms with Crippen molar-refractivity contribution in [3.63, 3.8) is 0 Å². The molecule has 2 N–H and O–H groups in total. The quantitative estimate of drug-likeness (QED) is 0.711. The lowest BCUT2D eigenvalue weighted by molar-refractivity contribution is 0.0697. The van der Waals surface area contributed by atoms with Crippen molar-refractivity contribution in [2.45, 2.75) is 17.7 Å². The maximum absolute atomic E-state index is 11.9. The average Bonchev–Trinajstić information content (AvgIpc) is 2.37. The van der Waals surface area contributed by atoms with Crippen LogP contribution in [-0.4, -0.2) is 39.8 Å². The first-order chi connectivity index (χ1) is 9.38. The molecule has 0 spiro atoms. The molecule has 0 bridgehead atoms. The highest BCUT2D eigenvalue weighted by Crippen LogP contribution is 2.20. The average molecular weight is 322 g/mol. The summed E-state index contributed by atoms with van der Waals surface area (Å²) in [7, 11) is -2.10. The molecule has 0 amide bonds. The third-order valence-electron chi connectivity index (χ3n) is 2.55. The van der Waals surface area contributed by atoms with E-state index in [1.54, 1.807) is 7.11 Å². The predicted octanol–water partition coefficient (Wildman–Crippen LogP) is 1.74. The van der Waals surface area contributed by atoms with E-state index in [0.717, 1.165) is 12.5 Å². The van der Waals surface area contributed by atoms with Crippen LogP contribution in [0.25, 0.3) is 0 Å². The molecule has 1 aromatic carbocycles. The minimum Gasteiger partial charge on any atom is -0.478 e. The number of carbonyl (C=O) groups is 1. The highest BCUT2D eigenvalue weighted by atomic mass is 35.5. The lowest BCUT2D eigenvalue weighted by atomic mass is 10.2. The lowest BCUT2D eigenvalue weighted by Gasteiger charge is -2.08. The maximum atomic E-state index is 11.9. The Bertz CT molecular complexity index is 573. The molecule has 6 nitrogen and oxygen atoms in total. The number of carboxylic acids is 1. The number of hydrogen-bond donors (Lipinski definition) is 2. The van der Waals surface area contributed by atoms with Crippen LogP contribution in [0.4, 0.5) is 0 Å². The van der Waals surface area contributed by atoms with Gasteiger partial charge in [0.05, 0.1) is 15.5 Å². The summed E-state index contributed by atoms with van der Waals surface area (Å²) < 4.78 is 31.2. The molecular formula is C12H16ClNO5S. The van der Waals surface area contributed by atoms with E-state index in [0.29, 0.717) is 13.0 Å². The van der Waals surface area contributed by atoms with Crippen LogP contribution in [-0.2, 0) is 14.8 Å². The molecular weight excluding hydrogens is 306 g/mol. The van der Waals surface area contributed by atoms with Gasteiger partial charge in [0.25, 0.3) is 0 Å². The van der Waals surface area contributed by atoms with Gasteiger partial charge in [-0.1, -0.05) is 11.6 Å². The van der Waals surface area contributed by atoms with Crippen molar-refractivity contribution in [1.82, 2.24) is 4.72 Å². The summed E-state index contributed by atoms with van der Waals surface area (Å²) in [6.07, 6.45) is 1.39. The van der Waals surface area contributed by atoms with E-state index in [4.69, 9.17) is 21.4 Å².